The van der Waals surface area contributed by atoms with E-state index in [1.807, 2.05) is 73.0 Å². The molecule has 2 N–H and O–H groups in total. The van der Waals surface area contributed by atoms with Crippen LogP contribution in [0.2, 0.25) is 0 Å². The van der Waals surface area contributed by atoms with Crippen molar-refractivity contribution in [2.75, 3.05) is 19.6 Å². The van der Waals surface area contributed by atoms with E-state index in [1.54, 1.807) is 11.8 Å². The number of nitrogens with zero attached hydrogens (tertiary/aromatic N) is 2. The summed E-state index contributed by atoms with van der Waals surface area (Å²) in [5, 5.41) is 6.58. The highest BCUT2D eigenvalue weighted by atomic mass is 16.2. The van der Waals surface area contributed by atoms with Crippen LogP contribution in [0.25, 0.3) is 10.9 Å². The summed E-state index contributed by atoms with van der Waals surface area (Å²) in [4.78, 5) is 40.4. The number of benzene rings is 2. The Morgan fingerprint density at radius 1 is 1.06 bits per heavy atom. The van der Waals surface area contributed by atoms with Crippen LogP contribution in [0.15, 0.2) is 54.6 Å². The van der Waals surface area contributed by atoms with Crippen LogP contribution < -0.4 is 10.6 Å². The summed E-state index contributed by atoms with van der Waals surface area (Å²) in [5.41, 5.74) is 2.78. The highest BCUT2D eigenvalue weighted by Crippen LogP contribution is 2.32. The van der Waals surface area contributed by atoms with Crippen molar-refractivity contribution in [3.05, 3.63) is 71.4 Å². The molecule has 7 nitrogen and oxygen atoms in total. The number of hydrogen-bond acceptors (Lipinski definition) is 3. The zero-order valence-corrected chi connectivity index (χ0v) is 19.4. The number of carbonyl (C=O) groups excluding carboxylic acids is 3. The summed E-state index contributed by atoms with van der Waals surface area (Å²) in [7, 11) is 0. The topological polar surface area (TPSA) is 83.4 Å². The Bertz CT molecular complexity index is 1220. The number of fused-ring (bicyclic) bond motifs is 3. The third-order valence-corrected chi connectivity index (χ3v) is 6.53. The van der Waals surface area contributed by atoms with Gasteiger partial charge in [0.15, 0.2) is 0 Å². The van der Waals surface area contributed by atoms with Crippen LogP contribution in [0.4, 0.5) is 0 Å². The molecule has 0 saturated carbocycles. The molecule has 3 amide bonds. The molecule has 2 heterocycles. The summed E-state index contributed by atoms with van der Waals surface area (Å²) in [6.45, 7) is 6.76. The summed E-state index contributed by atoms with van der Waals surface area (Å²) < 4.78 is 1.91. The van der Waals surface area contributed by atoms with Crippen molar-refractivity contribution >= 4 is 28.6 Å². The van der Waals surface area contributed by atoms with Gasteiger partial charge >= 0.3 is 0 Å². The summed E-state index contributed by atoms with van der Waals surface area (Å²) in [5.74, 6) is -0.770. The van der Waals surface area contributed by atoms with E-state index >= 15 is 0 Å². The maximum absolute atomic E-state index is 13.2. The van der Waals surface area contributed by atoms with Crippen LogP contribution in [0.1, 0.15) is 35.5 Å². The number of likely N-dealkylation sites (N-methyl/N-ethyl adjacent to an activating group) is 1. The molecular formula is C26H30N4O3. The Morgan fingerprint density at radius 2 is 1.79 bits per heavy atom. The summed E-state index contributed by atoms with van der Waals surface area (Å²) >= 11 is 0. The molecule has 0 saturated heterocycles. The molecule has 7 heteroatoms. The third kappa shape index (κ3) is 4.23. The normalized spacial score (nSPS) is 17.7. The van der Waals surface area contributed by atoms with Gasteiger partial charge in [0.1, 0.15) is 11.2 Å². The summed E-state index contributed by atoms with van der Waals surface area (Å²) in [6, 6.07) is 17.7. The average Bonchev–Trinajstić information content (AvgIpc) is 3.17. The number of nitrogens with one attached hydrogen (secondary N) is 2. The molecule has 172 valence electrons. The van der Waals surface area contributed by atoms with Crippen LogP contribution in [0, 0.1) is 6.92 Å². The number of para-hydroxylation sites is 1. The Balaban J connectivity index is 1.42. The molecule has 0 spiro atoms. The van der Waals surface area contributed by atoms with E-state index in [0.717, 1.165) is 17.3 Å². The number of amides is 3. The molecule has 1 aliphatic rings. The number of carbonyl (C=O) groups is 3. The lowest BCUT2D eigenvalue weighted by Gasteiger charge is -2.43. The van der Waals surface area contributed by atoms with Gasteiger partial charge in [0.25, 0.3) is 5.91 Å². The molecule has 3 aromatic rings. The molecule has 0 unspecified atom stereocenters. The largest absolute Gasteiger partial charge is 0.354 e. The Morgan fingerprint density at radius 3 is 2.55 bits per heavy atom. The smallest absolute Gasteiger partial charge is 0.271 e. The van der Waals surface area contributed by atoms with Crippen LogP contribution in [0.5, 0.6) is 0 Å². The Kier molecular flexibility index (Phi) is 6.22. The predicted octanol–water partition coefficient (Wildman–Crippen LogP) is 2.66. The van der Waals surface area contributed by atoms with Crippen LogP contribution in [-0.4, -0.2) is 52.4 Å². The highest BCUT2D eigenvalue weighted by Gasteiger charge is 2.46. The lowest BCUT2D eigenvalue weighted by molar-refractivity contribution is -0.134. The monoisotopic (exact) mass is 446 g/mol. The second-order valence-electron chi connectivity index (χ2n) is 8.71. The lowest BCUT2D eigenvalue weighted by atomic mass is 9.95. The second-order valence-corrected chi connectivity index (χ2v) is 8.71. The van der Waals surface area contributed by atoms with Crippen LogP contribution in [-0.2, 0) is 22.6 Å². The molecule has 2 aromatic carbocycles. The maximum Gasteiger partial charge on any atom is 0.271 e. The van der Waals surface area contributed by atoms with Crippen molar-refractivity contribution in [3.63, 3.8) is 0 Å². The first kappa shape index (κ1) is 22.6. The molecule has 1 atom stereocenters. The molecule has 1 aliphatic heterocycles. The third-order valence-electron chi connectivity index (χ3n) is 6.53. The predicted molar refractivity (Wildman–Crippen MR) is 128 cm³/mol. The van der Waals surface area contributed by atoms with Gasteiger partial charge in [-0.1, -0.05) is 42.5 Å². The number of hydrogen-bond donors (Lipinski definition) is 2. The first-order chi connectivity index (χ1) is 15.8. The van der Waals surface area contributed by atoms with E-state index in [2.05, 4.69) is 10.6 Å². The van der Waals surface area contributed by atoms with E-state index in [1.165, 1.54) is 11.1 Å². The number of rotatable bonds is 7. The minimum absolute atomic E-state index is 0.132. The van der Waals surface area contributed by atoms with Gasteiger partial charge in [0, 0.05) is 24.0 Å². The Hall–Kier alpha value is -3.61. The quantitative estimate of drug-likeness (QED) is 0.585. The first-order valence-corrected chi connectivity index (χ1v) is 11.3. The Labute approximate surface area is 193 Å². The van der Waals surface area contributed by atoms with E-state index in [-0.39, 0.29) is 24.3 Å². The van der Waals surface area contributed by atoms with Crippen molar-refractivity contribution in [1.29, 1.82) is 0 Å². The summed E-state index contributed by atoms with van der Waals surface area (Å²) in [6.07, 6.45) is 0.728. The minimum Gasteiger partial charge on any atom is -0.354 e. The fourth-order valence-electron chi connectivity index (χ4n) is 4.64. The van der Waals surface area contributed by atoms with Crippen molar-refractivity contribution in [3.8, 4) is 0 Å². The van der Waals surface area contributed by atoms with Crippen molar-refractivity contribution in [2.45, 2.75) is 39.3 Å². The van der Waals surface area contributed by atoms with Gasteiger partial charge in [-0.15, -0.1) is 0 Å². The molecule has 4 rings (SSSR count). The van der Waals surface area contributed by atoms with Crippen LogP contribution in [0.3, 0.4) is 0 Å². The van der Waals surface area contributed by atoms with Gasteiger partial charge in [-0.2, -0.15) is 0 Å². The van der Waals surface area contributed by atoms with Gasteiger partial charge in [0.2, 0.25) is 11.8 Å². The molecule has 0 radical (unpaired) electrons. The standard InChI is InChI=1S/C26H30N4O3/c1-4-30-24(32)22-15-20-11-7-8-12-21(20)29(22)17-26(30,3)25(33)28-16-23(31)27-14-13-19-10-6-5-9-18(19)2/h5-12,15H,4,13-14,16-17H2,1-3H3,(H,27,31)(H,28,33)/t26-/m0/s1. The van der Waals surface area contributed by atoms with E-state index in [0.29, 0.717) is 25.3 Å². The average molecular weight is 447 g/mol. The van der Waals surface area contributed by atoms with E-state index in [4.69, 9.17) is 0 Å². The van der Waals surface area contributed by atoms with Gasteiger partial charge < -0.3 is 20.1 Å². The lowest BCUT2D eigenvalue weighted by Crippen LogP contribution is -2.64. The molecular weight excluding hydrogens is 416 g/mol. The molecule has 1 aromatic heterocycles. The molecule has 0 bridgehead atoms. The van der Waals surface area contributed by atoms with Gasteiger partial charge in [0.05, 0.1) is 13.1 Å². The zero-order chi connectivity index (χ0) is 23.6. The van der Waals surface area contributed by atoms with Crippen LogP contribution >= 0.6 is 0 Å². The zero-order valence-electron chi connectivity index (χ0n) is 19.4. The minimum atomic E-state index is -1.10. The SMILES string of the molecule is CCN1C(=O)c2cc3ccccc3n2C[C@@]1(C)C(=O)NCC(=O)NCCc1ccccc1C. The molecule has 33 heavy (non-hydrogen) atoms. The van der Waals surface area contributed by atoms with Gasteiger partial charge in [-0.05, 0) is 50.5 Å². The van der Waals surface area contributed by atoms with Gasteiger partial charge in [-0.3, -0.25) is 14.4 Å². The molecule has 0 aliphatic carbocycles. The van der Waals surface area contributed by atoms with Crippen molar-refractivity contribution in [2.24, 2.45) is 0 Å². The highest BCUT2D eigenvalue weighted by molar-refractivity contribution is 6.04. The maximum atomic E-state index is 13.2. The first-order valence-electron chi connectivity index (χ1n) is 11.3. The van der Waals surface area contributed by atoms with E-state index in [9.17, 15) is 14.4 Å². The van der Waals surface area contributed by atoms with E-state index < -0.39 is 5.54 Å². The molecule has 0 fully saturated rings. The number of aryl methyl sites for hydroxylation is 1. The van der Waals surface area contributed by atoms with Crippen molar-refractivity contribution < 1.29 is 14.4 Å². The second kappa shape index (κ2) is 9.10. The number of aromatic nitrogens is 1. The fraction of sp³-hybridized carbons (Fsp3) is 0.346. The van der Waals surface area contributed by atoms with Gasteiger partial charge in [-0.25, -0.2) is 0 Å². The van der Waals surface area contributed by atoms with Crippen molar-refractivity contribution in [1.82, 2.24) is 20.1 Å². The fourth-order valence-corrected chi connectivity index (χ4v) is 4.64.